The van der Waals surface area contributed by atoms with E-state index < -0.39 is 17.7 Å². The number of anilines is 1. The highest BCUT2D eigenvalue weighted by Crippen LogP contribution is 2.41. The van der Waals surface area contributed by atoms with Crippen LogP contribution in [-0.4, -0.2) is 23.9 Å². The van der Waals surface area contributed by atoms with Gasteiger partial charge in [-0.2, -0.15) is 0 Å². The number of methoxy groups -OCH3 is 1. The molecule has 1 heterocycles. The van der Waals surface area contributed by atoms with Crippen molar-refractivity contribution >= 4 is 33.3 Å². The van der Waals surface area contributed by atoms with Crippen molar-refractivity contribution in [2.45, 2.75) is 13.0 Å². The number of hydrogen-bond donors (Lipinski definition) is 1. The first kappa shape index (κ1) is 17.2. The third-order valence-electron chi connectivity index (χ3n) is 4.11. The Balaban J connectivity index is 2.15. The molecule has 1 atom stereocenters. The van der Waals surface area contributed by atoms with Gasteiger partial charge in [-0.3, -0.25) is 14.5 Å². The fraction of sp³-hybridized carbons (Fsp3) is 0.158. The number of rotatable bonds is 4. The smallest absolute Gasteiger partial charge is 0.294 e. The van der Waals surface area contributed by atoms with Crippen LogP contribution in [0, 0.1) is 0 Å². The van der Waals surface area contributed by atoms with Gasteiger partial charge in [0, 0.05) is 10.2 Å². The van der Waals surface area contributed by atoms with Crippen LogP contribution in [0.5, 0.6) is 5.75 Å². The van der Waals surface area contributed by atoms with Crippen LogP contribution in [-0.2, 0) is 9.59 Å². The molecule has 0 unspecified atom stereocenters. The van der Waals surface area contributed by atoms with Crippen molar-refractivity contribution in [1.29, 1.82) is 0 Å². The Kier molecular flexibility index (Phi) is 4.63. The molecule has 6 heteroatoms. The molecule has 0 fully saturated rings. The summed E-state index contributed by atoms with van der Waals surface area (Å²) < 4.78 is 5.95. The normalized spacial score (nSPS) is 17.2. The minimum atomic E-state index is -0.690. The SMILES string of the molecule is COc1ccc([C@H]2C(C(C)=O)=C(O)C(=O)N2c2cccc(Br)c2)cc1. The number of aliphatic hydroxyl groups is 1. The summed E-state index contributed by atoms with van der Waals surface area (Å²) in [5.41, 5.74) is 1.39. The number of halogens is 1. The molecule has 5 nitrogen and oxygen atoms in total. The van der Waals surface area contributed by atoms with Gasteiger partial charge in [0.1, 0.15) is 5.75 Å². The van der Waals surface area contributed by atoms with Crippen molar-refractivity contribution in [1.82, 2.24) is 0 Å². The van der Waals surface area contributed by atoms with Gasteiger partial charge in [0.15, 0.2) is 11.5 Å². The van der Waals surface area contributed by atoms with Gasteiger partial charge in [0.2, 0.25) is 0 Å². The van der Waals surface area contributed by atoms with E-state index in [1.165, 1.54) is 11.8 Å². The van der Waals surface area contributed by atoms with Crippen LogP contribution in [0.2, 0.25) is 0 Å². The van der Waals surface area contributed by atoms with Gasteiger partial charge in [-0.25, -0.2) is 0 Å². The van der Waals surface area contributed by atoms with Gasteiger partial charge in [-0.1, -0.05) is 34.1 Å². The second-order valence-corrected chi connectivity index (χ2v) is 6.56. The molecule has 0 saturated carbocycles. The van der Waals surface area contributed by atoms with Crippen molar-refractivity contribution in [3.63, 3.8) is 0 Å². The molecule has 2 aromatic rings. The first-order valence-electron chi connectivity index (χ1n) is 7.61. The van der Waals surface area contributed by atoms with Crippen LogP contribution in [0.3, 0.4) is 0 Å². The lowest BCUT2D eigenvalue weighted by molar-refractivity contribution is -0.117. The van der Waals surface area contributed by atoms with E-state index in [1.54, 1.807) is 49.6 Å². The highest BCUT2D eigenvalue weighted by molar-refractivity contribution is 9.10. The lowest BCUT2D eigenvalue weighted by atomic mass is 9.96. The average molecular weight is 402 g/mol. The average Bonchev–Trinajstić information content (AvgIpc) is 2.86. The Hall–Kier alpha value is -2.60. The summed E-state index contributed by atoms with van der Waals surface area (Å²) in [5.74, 6) is -0.777. The van der Waals surface area contributed by atoms with Gasteiger partial charge in [-0.15, -0.1) is 0 Å². The third kappa shape index (κ3) is 3.05. The zero-order valence-corrected chi connectivity index (χ0v) is 15.3. The monoisotopic (exact) mass is 401 g/mol. The third-order valence-corrected chi connectivity index (χ3v) is 4.60. The van der Waals surface area contributed by atoms with Crippen molar-refractivity contribution in [3.8, 4) is 5.75 Å². The van der Waals surface area contributed by atoms with Gasteiger partial charge < -0.3 is 9.84 Å². The highest BCUT2D eigenvalue weighted by Gasteiger charge is 2.43. The molecular formula is C19H16BrNO4. The predicted octanol–water partition coefficient (Wildman–Crippen LogP) is 3.95. The first-order chi connectivity index (χ1) is 11.9. The fourth-order valence-corrected chi connectivity index (χ4v) is 3.35. The van der Waals surface area contributed by atoms with Crippen LogP contribution >= 0.6 is 15.9 Å². The molecule has 0 aliphatic carbocycles. The molecule has 0 bridgehead atoms. The zero-order valence-electron chi connectivity index (χ0n) is 13.7. The van der Waals surface area contributed by atoms with Crippen LogP contribution in [0.15, 0.2) is 64.3 Å². The second-order valence-electron chi connectivity index (χ2n) is 5.65. The summed E-state index contributed by atoms with van der Waals surface area (Å²) in [6.07, 6.45) is 0. The standard InChI is InChI=1S/C19H16BrNO4/c1-11(22)16-17(12-6-8-15(25-2)9-7-12)21(19(24)18(16)23)14-5-3-4-13(20)10-14/h3-10,17,23H,1-2H3/t17-/m0/s1. The number of hydrogen-bond acceptors (Lipinski definition) is 4. The molecule has 1 aliphatic heterocycles. The molecule has 3 rings (SSSR count). The van der Waals surface area contributed by atoms with E-state index in [4.69, 9.17) is 4.74 Å². The number of carbonyl (C=O) groups excluding carboxylic acids is 2. The fourth-order valence-electron chi connectivity index (χ4n) is 2.96. The van der Waals surface area contributed by atoms with E-state index in [0.717, 1.165) is 4.47 Å². The molecule has 1 aliphatic rings. The number of carbonyl (C=O) groups is 2. The summed E-state index contributed by atoms with van der Waals surface area (Å²) >= 11 is 3.39. The number of Topliss-reactive ketones (excluding diaryl/α,β-unsaturated/α-hetero) is 1. The number of amides is 1. The number of aliphatic hydroxyl groups excluding tert-OH is 1. The van der Waals surface area contributed by atoms with Crippen molar-refractivity contribution in [2.24, 2.45) is 0 Å². The van der Waals surface area contributed by atoms with Crippen LogP contribution in [0.25, 0.3) is 0 Å². The Bertz CT molecular complexity index is 873. The summed E-state index contributed by atoms with van der Waals surface area (Å²) in [6.45, 7) is 1.35. The Morgan fingerprint density at radius 2 is 1.88 bits per heavy atom. The summed E-state index contributed by atoms with van der Waals surface area (Å²) in [4.78, 5) is 26.2. The molecule has 1 amide bonds. The van der Waals surface area contributed by atoms with Gasteiger partial charge in [0.25, 0.3) is 5.91 Å². The van der Waals surface area contributed by atoms with Gasteiger partial charge in [0.05, 0.1) is 18.7 Å². The zero-order chi connectivity index (χ0) is 18.1. The molecule has 0 aromatic heterocycles. The predicted molar refractivity (Wildman–Crippen MR) is 97.7 cm³/mol. The molecule has 2 aromatic carbocycles. The van der Waals surface area contributed by atoms with E-state index >= 15 is 0 Å². The van der Waals surface area contributed by atoms with Crippen LogP contribution in [0.4, 0.5) is 5.69 Å². The van der Waals surface area contributed by atoms with Gasteiger partial charge >= 0.3 is 0 Å². The maximum absolute atomic E-state index is 12.7. The maximum atomic E-state index is 12.7. The van der Waals surface area contributed by atoms with E-state index in [-0.39, 0.29) is 11.4 Å². The summed E-state index contributed by atoms with van der Waals surface area (Å²) in [7, 11) is 1.56. The highest BCUT2D eigenvalue weighted by atomic mass is 79.9. The molecular weight excluding hydrogens is 386 g/mol. The summed E-state index contributed by atoms with van der Waals surface area (Å²) in [6, 6.07) is 13.5. The topological polar surface area (TPSA) is 66.8 Å². The molecule has 25 heavy (non-hydrogen) atoms. The maximum Gasteiger partial charge on any atom is 0.294 e. The molecule has 1 N–H and O–H groups in total. The van der Waals surface area contributed by atoms with Crippen molar-refractivity contribution < 1.29 is 19.4 Å². The van der Waals surface area contributed by atoms with Crippen molar-refractivity contribution in [2.75, 3.05) is 12.0 Å². The molecule has 0 saturated heterocycles. The Morgan fingerprint density at radius 1 is 1.20 bits per heavy atom. The minimum Gasteiger partial charge on any atom is -0.503 e. The Morgan fingerprint density at radius 3 is 2.44 bits per heavy atom. The van der Waals surface area contributed by atoms with E-state index in [9.17, 15) is 14.7 Å². The lowest BCUT2D eigenvalue weighted by Crippen LogP contribution is -2.30. The van der Waals surface area contributed by atoms with Crippen molar-refractivity contribution in [3.05, 3.63) is 69.9 Å². The van der Waals surface area contributed by atoms with E-state index in [0.29, 0.717) is 17.0 Å². The number of ether oxygens (including phenoxy) is 1. The number of nitrogens with zero attached hydrogens (tertiary/aromatic N) is 1. The van der Waals surface area contributed by atoms with E-state index in [2.05, 4.69) is 15.9 Å². The van der Waals surface area contributed by atoms with Gasteiger partial charge in [-0.05, 0) is 42.8 Å². The Labute approximate surface area is 153 Å². The molecule has 0 spiro atoms. The lowest BCUT2D eigenvalue weighted by Gasteiger charge is -2.27. The number of benzene rings is 2. The minimum absolute atomic E-state index is 0.0927. The van der Waals surface area contributed by atoms with Crippen LogP contribution < -0.4 is 9.64 Å². The van der Waals surface area contributed by atoms with E-state index in [1.807, 2.05) is 6.07 Å². The quantitative estimate of drug-likeness (QED) is 0.841. The largest absolute Gasteiger partial charge is 0.503 e. The molecule has 128 valence electrons. The summed E-state index contributed by atoms with van der Waals surface area (Å²) in [5, 5.41) is 10.3. The first-order valence-corrected chi connectivity index (χ1v) is 8.40. The number of ketones is 1. The molecule has 0 radical (unpaired) electrons. The van der Waals surface area contributed by atoms with Crippen LogP contribution in [0.1, 0.15) is 18.5 Å². The second kappa shape index (κ2) is 6.72.